The van der Waals surface area contributed by atoms with Crippen LogP contribution < -0.4 is 10.6 Å². The van der Waals surface area contributed by atoms with E-state index in [0.29, 0.717) is 29.5 Å². The lowest BCUT2D eigenvalue weighted by Gasteiger charge is -2.30. The van der Waals surface area contributed by atoms with Crippen molar-refractivity contribution in [1.82, 2.24) is 5.16 Å². The molecule has 124 valence electrons. The molecule has 0 saturated carbocycles. The number of anilines is 1. The normalized spacial score (nSPS) is 15.3. The molecule has 1 saturated heterocycles. The predicted molar refractivity (Wildman–Crippen MR) is 90.6 cm³/mol. The van der Waals surface area contributed by atoms with Crippen molar-refractivity contribution in [2.24, 2.45) is 5.73 Å². The number of benzene rings is 1. The Labute approximate surface area is 144 Å². The van der Waals surface area contributed by atoms with Crippen LogP contribution in [0.3, 0.4) is 0 Å². The number of rotatable bonds is 3. The van der Waals surface area contributed by atoms with Gasteiger partial charge in [-0.05, 0) is 37.1 Å². The van der Waals surface area contributed by atoms with Gasteiger partial charge >= 0.3 is 5.97 Å². The van der Waals surface area contributed by atoms with Crippen LogP contribution in [-0.2, 0) is 0 Å². The van der Waals surface area contributed by atoms with Gasteiger partial charge in [-0.25, -0.2) is 4.79 Å². The SMILES string of the molecule is Cl.NC1CCN(c2noc(-c3ccc(Cl)cc3)c2C(=O)O)CC1. The summed E-state index contributed by atoms with van der Waals surface area (Å²) < 4.78 is 5.32. The van der Waals surface area contributed by atoms with Crippen molar-refractivity contribution in [3.63, 3.8) is 0 Å². The highest BCUT2D eigenvalue weighted by atomic mass is 35.5. The van der Waals surface area contributed by atoms with Gasteiger partial charge in [0.05, 0.1) is 0 Å². The van der Waals surface area contributed by atoms with Gasteiger partial charge in [-0.3, -0.25) is 0 Å². The summed E-state index contributed by atoms with van der Waals surface area (Å²) in [6.45, 7) is 1.35. The van der Waals surface area contributed by atoms with E-state index in [2.05, 4.69) is 5.16 Å². The monoisotopic (exact) mass is 357 g/mol. The number of nitrogens with zero attached hydrogens (tertiary/aromatic N) is 2. The summed E-state index contributed by atoms with van der Waals surface area (Å²) in [6, 6.07) is 6.96. The van der Waals surface area contributed by atoms with Gasteiger partial charge in [0.25, 0.3) is 0 Å². The van der Waals surface area contributed by atoms with Crippen LogP contribution in [0.25, 0.3) is 11.3 Å². The van der Waals surface area contributed by atoms with Crippen molar-refractivity contribution in [2.75, 3.05) is 18.0 Å². The molecule has 3 N–H and O–H groups in total. The van der Waals surface area contributed by atoms with Crippen LogP contribution in [0.15, 0.2) is 28.8 Å². The second-order valence-electron chi connectivity index (χ2n) is 5.35. The summed E-state index contributed by atoms with van der Waals surface area (Å²) in [6.07, 6.45) is 1.62. The lowest BCUT2D eigenvalue weighted by atomic mass is 10.0. The highest BCUT2D eigenvalue weighted by Gasteiger charge is 2.29. The molecule has 0 unspecified atom stereocenters. The molecule has 6 nitrogen and oxygen atoms in total. The first-order valence-electron chi connectivity index (χ1n) is 7.05. The largest absolute Gasteiger partial charge is 0.477 e. The first kappa shape index (κ1) is 17.6. The number of hydrogen-bond acceptors (Lipinski definition) is 5. The van der Waals surface area contributed by atoms with Gasteiger partial charge in [-0.2, -0.15) is 0 Å². The van der Waals surface area contributed by atoms with Crippen LogP contribution in [-0.4, -0.2) is 35.4 Å². The topological polar surface area (TPSA) is 92.6 Å². The zero-order valence-corrected chi connectivity index (χ0v) is 13.8. The fraction of sp³-hybridized carbons (Fsp3) is 0.333. The third-order valence-corrected chi connectivity index (χ3v) is 4.09. The minimum atomic E-state index is -1.06. The summed E-state index contributed by atoms with van der Waals surface area (Å²) in [5.41, 5.74) is 6.60. The van der Waals surface area contributed by atoms with Gasteiger partial charge in [0, 0.05) is 29.7 Å². The number of aromatic carboxylic acids is 1. The van der Waals surface area contributed by atoms with E-state index in [4.69, 9.17) is 21.9 Å². The quantitative estimate of drug-likeness (QED) is 0.876. The third-order valence-electron chi connectivity index (χ3n) is 3.83. The van der Waals surface area contributed by atoms with Crippen molar-refractivity contribution in [3.8, 4) is 11.3 Å². The third kappa shape index (κ3) is 3.60. The van der Waals surface area contributed by atoms with E-state index in [1.54, 1.807) is 24.3 Å². The van der Waals surface area contributed by atoms with Gasteiger partial charge in [-0.15, -0.1) is 12.4 Å². The van der Waals surface area contributed by atoms with E-state index in [1.165, 1.54) is 0 Å². The van der Waals surface area contributed by atoms with Gasteiger partial charge in [-0.1, -0.05) is 16.8 Å². The molecule has 8 heteroatoms. The summed E-state index contributed by atoms with van der Waals surface area (Å²) in [5.74, 6) is -0.450. The standard InChI is InChI=1S/C15H16ClN3O3.ClH/c16-10-3-1-9(2-4-10)13-12(15(20)21)14(18-22-13)19-7-5-11(17)6-8-19;/h1-4,11H,5-8,17H2,(H,20,21);1H. The summed E-state index contributed by atoms with van der Waals surface area (Å²) in [7, 11) is 0. The Bertz CT molecular complexity index is 680. The molecule has 0 amide bonds. The van der Waals surface area contributed by atoms with Crippen LogP contribution in [0, 0.1) is 0 Å². The summed E-state index contributed by atoms with van der Waals surface area (Å²) >= 11 is 5.86. The number of carbonyl (C=O) groups is 1. The van der Waals surface area contributed by atoms with Gasteiger partial charge < -0.3 is 20.3 Å². The maximum Gasteiger partial charge on any atom is 0.343 e. The van der Waals surface area contributed by atoms with E-state index < -0.39 is 5.97 Å². The van der Waals surface area contributed by atoms with Crippen molar-refractivity contribution >= 4 is 35.8 Å². The second kappa shape index (κ2) is 7.21. The molecule has 1 fully saturated rings. The maximum absolute atomic E-state index is 11.7. The second-order valence-corrected chi connectivity index (χ2v) is 5.78. The first-order valence-corrected chi connectivity index (χ1v) is 7.43. The Morgan fingerprint density at radius 3 is 2.48 bits per heavy atom. The molecule has 0 atom stereocenters. The molecule has 0 radical (unpaired) electrons. The molecule has 1 aliphatic heterocycles. The molecule has 0 bridgehead atoms. The molecule has 1 aromatic heterocycles. The minimum absolute atomic E-state index is 0. The van der Waals surface area contributed by atoms with E-state index in [1.807, 2.05) is 4.90 Å². The molecule has 2 heterocycles. The van der Waals surface area contributed by atoms with E-state index >= 15 is 0 Å². The number of aromatic nitrogens is 1. The van der Waals surface area contributed by atoms with Crippen molar-refractivity contribution in [1.29, 1.82) is 0 Å². The fourth-order valence-electron chi connectivity index (χ4n) is 2.60. The lowest BCUT2D eigenvalue weighted by Crippen LogP contribution is -2.40. The van der Waals surface area contributed by atoms with Crippen LogP contribution in [0.5, 0.6) is 0 Å². The van der Waals surface area contributed by atoms with Gasteiger partial charge in [0.15, 0.2) is 17.1 Å². The zero-order valence-electron chi connectivity index (χ0n) is 12.2. The molecular weight excluding hydrogens is 341 g/mol. The van der Waals surface area contributed by atoms with E-state index in [-0.39, 0.29) is 29.8 Å². The number of piperidine rings is 1. The molecule has 23 heavy (non-hydrogen) atoms. The molecule has 1 aliphatic rings. The average molecular weight is 358 g/mol. The molecule has 1 aromatic carbocycles. The molecule has 0 aliphatic carbocycles. The Morgan fingerprint density at radius 1 is 1.30 bits per heavy atom. The highest BCUT2D eigenvalue weighted by molar-refractivity contribution is 6.30. The molecular formula is C15H17Cl2N3O3. The minimum Gasteiger partial charge on any atom is -0.477 e. The highest BCUT2D eigenvalue weighted by Crippen LogP contribution is 2.33. The molecule has 3 rings (SSSR count). The van der Waals surface area contributed by atoms with Crippen molar-refractivity contribution < 1.29 is 14.4 Å². The van der Waals surface area contributed by atoms with Crippen LogP contribution in [0.1, 0.15) is 23.2 Å². The zero-order chi connectivity index (χ0) is 15.7. The number of halogens is 2. The fourth-order valence-corrected chi connectivity index (χ4v) is 2.73. The number of nitrogens with two attached hydrogens (primary N) is 1. The van der Waals surface area contributed by atoms with Gasteiger partial charge in [0.2, 0.25) is 0 Å². The summed E-state index contributed by atoms with van der Waals surface area (Å²) in [5, 5.41) is 14.1. The van der Waals surface area contributed by atoms with E-state index in [0.717, 1.165) is 12.8 Å². The Morgan fingerprint density at radius 2 is 1.91 bits per heavy atom. The Kier molecular flexibility index (Phi) is 5.51. The smallest absolute Gasteiger partial charge is 0.343 e. The number of hydrogen-bond donors (Lipinski definition) is 2. The van der Waals surface area contributed by atoms with Crippen LogP contribution in [0.4, 0.5) is 5.82 Å². The van der Waals surface area contributed by atoms with Crippen LogP contribution >= 0.6 is 24.0 Å². The lowest BCUT2D eigenvalue weighted by molar-refractivity contribution is 0.0697. The van der Waals surface area contributed by atoms with Crippen molar-refractivity contribution in [3.05, 3.63) is 34.9 Å². The first-order chi connectivity index (χ1) is 10.6. The van der Waals surface area contributed by atoms with Crippen molar-refractivity contribution in [2.45, 2.75) is 18.9 Å². The molecule has 0 spiro atoms. The Balaban J connectivity index is 0.00000192. The number of carboxylic acid groups (broad SMARTS) is 1. The van der Waals surface area contributed by atoms with Crippen LogP contribution in [0.2, 0.25) is 5.02 Å². The van der Waals surface area contributed by atoms with E-state index in [9.17, 15) is 9.90 Å². The summed E-state index contributed by atoms with van der Waals surface area (Å²) in [4.78, 5) is 13.6. The number of carboxylic acids is 1. The van der Waals surface area contributed by atoms with Gasteiger partial charge in [0.1, 0.15) is 0 Å². The maximum atomic E-state index is 11.7. The molecule has 2 aromatic rings. The average Bonchev–Trinajstić information content (AvgIpc) is 2.94. The predicted octanol–water partition coefficient (Wildman–Crippen LogP) is 3.04. The Hall–Kier alpha value is -1.76.